The Morgan fingerprint density at radius 1 is 0.500 bits per heavy atom. The summed E-state index contributed by atoms with van der Waals surface area (Å²) in [6.45, 7) is 0. The molecule has 0 radical (unpaired) electrons. The van der Waals surface area contributed by atoms with Crippen molar-refractivity contribution < 1.29 is 43.2 Å². The molecule has 3 aromatic rings. The van der Waals surface area contributed by atoms with Gasteiger partial charge in [-0.3, -0.25) is 9.44 Å². The molecule has 0 aliphatic heterocycles. The van der Waals surface area contributed by atoms with Crippen molar-refractivity contribution >= 4 is 31.4 Å². The van der Waals surface area contributed by atoms with Gasteiger partial charge in [0.25, 0.3) is 20.0 Å². The van der Waals surface area contributed by atoms with E-state index < -0.39 is 64.7 Å². The molecule has 3 aromatic carbocycles. The smallest absolute Gasteiger partial charge is 0.262 e. The van der Waals surface area contributed by atoms with Gasteiger partial charge in [0.1, 0.15) is 0 Å². The van der Waals surface area contributed by atoms with Crippen LogP contribution in [-0.2, 0) is 20.0 Å². The first-order valence-corrected chi connectivity index (χ1v) is 11.2. The van der Waals surface area contributed by atoms with Gasteiger partial charge in [-0.25, -0.2) is 43.2 Å². The van der Waals surface area contributed by atoms with Crippen molar-refractivity contribution in [1.29, 1.82) is 0 Å². The summed E-state index contributed by atoms with van der Waals surface area (Å²) in [5.74, 6) is -10.6. The first kappa shape index (κ1) is 23.4. The summed E-state index contributed by atoms with van der Waals surface area (Å²) in [6.07, 6.45) is 0. The molecule has 0 heterocycles. The molecule has 3 rings (SSSR count). The highest BCUT2D eigenvalue weighted by Crippen LogP contribution is 2.24. The lowest BCUT2D eigenvalue weighted by Gasteiger charge is -2.11. The van der Waals surface area contributed by atoms with Gasteiger partial charge >= 0.3 is 0 Å². The lowest BCUT2D eigenvalue weighted by Crippen LogP contribution is -2.15. The molecule has 0 amide bonds. The largest absolute Gasteiger partial charge is 0.280 e. The topological polar surface area (TPSA) is 92.3 Å². The minimum Gasteiger partial charge on any atom is -0.280 e. The number of rotatable bonds is 6. The van der Waals surface area contributed by atoms with E-state index in [0.717, 1.165) is 24.3 Å². The van der Waals surface area contributed by atoms with Crippen LogP contribution in [0, 0.1) is 34.9 Å². The first-order chi connectivity index (χ1) is 14.8. The zero-order valence-electron chi connectivity index (χ0n) is 15.3. The molecular formula is C18H10F6N2O4S2. The van der Waals surface area contributed by atoms with E-state index in [4.69, 9.17) is 0 Å². The highest BCUT2D eigenvalue weighted by Gasteiger charge is 2.22. The van der Waals surface area contributed by atoms with Crippen LogP contribution in [-0.4, -0.2) is 16.8 Å². The van der Waals surface area contributed by atoms with Crippen molar-refractivity contribution in [2.75, 3.05) is 9.44 Å². The quantitative estimate of drug-likeness (QED) is 0.397. The Bertz CT molecular complexity index is 1260. The fraction of sp³-hybridized carbons (Fsp3) is 0. The van der Waals surface area contributed by atoms with Crippen LogP contribution < -0.4 is 9.44 Å². The van der Waals surface area contributed by atoms with E-state index in [-0.39, 0.29) is 35.6 Å². The van der Waals surface area contributed by atoms with Crippen LogP contribution in [0.3, 0.4) is 0 Å². The number of anilines is 2. The van der Waals surface area contributed by atoms with Gasteiger partial charge in [-0.05, 0) is 48.5 Å². The highest BCUT2D eigenvalue weighted by molar-refractivity contribution is 7.93. The molecule has 0 bridgehead atoms. The molecule has 0 aromatic heterocycles. The van der Waals surface area contributed by atoms with Crippen molar-refractivity contribution in [3.05, 3.63) is 83.4 Å². The van der Waals surface area contributed by atoms with Crippen LogP contribution in [0.1, 0.15) is 0 Å². The zero-order chi connectivity index (χ0) is 23.8. The molecular weight excluding hydrogens is 486 g/mol. The van der Waals surface area contributed by atoms with Crippen LogP contribution in [0.5, 0.6) is 0 Å². The fourth-order valence-electron chi connectivity index (χ4n) is 2.41. The minimum atomic E-state index is -4.53. The van der Waals surface area contributed by atoms with Crippen LogP contribution in [0.4, 0.5) is 37.7 Å². The lowest BCUT2D eigenvalue weighted by atomic mass is 10.3. The predicted molar refractivity (Wildman–Crippen MR) is 101 cm³/mol. The molecule has 0 atom stereocenters. The molecule has 32 heavy (non-hydrogen) atoms. The number of benzene rings is 3. The molecule has 0 aliphatic rings. The van der Waals surface area contributed by atoms with E-state index >= 15 is 0 Å². The van der Waals surface area contributed by atoms with Crippen LogP contribution in [0.25, 0.3) is 0 Å². The Kier molecular flexibility index (Phi) is 6.11. The van der Waals surface area contributed by atoms with E-state index in [1.54, 1.807) is 0 Å². The number of sulfonamides is 2. The van der Waals surface area contributed by atoms with Crippen LogP contribution in [0.2, 0.25) is 0 Å². The summed E-state index contributed by atoms with van der Waals surface area (Å²) in [5, 5.41) is 0. The average Bonchev–Trinajstić information content (AvgIpc) is 2.70. The highest BCUT2D eigenvalue weighted by atomic mass is 32.2. The normalized spacial score (nSPS) is 11.9. The van der Waals surface area contributed by atoms with Crippen LogP contribution >= 0.6 is 0 Å². The van der Waals surface area contributed by atoms with Gasteiger partial charge in [-0.2, -0.15) is 0 Å². The van der Waals surface area contributed by atoms with Gasteiger partial charge in [-0.1, -0.05) is 0 Å². The number of halogens is 6. The van der Waals surface area contributed by atoms with E-state index in [1.807, 2.05) is 9.44 Å². The van der Waals surface area contributed by atoms with Gasteiger partial charge in [0.15, 0.2) is 34.9 Å². The monoisotopic (exact) mass is 496 g/mol. The second-order valence-electron chi connectivity index (χ2n) is 6.19. The Morgan fingerprint density at radius 3 is 1.00 bits per heavy atom. The maximum Gasteiger partial charge on any atom is 0.262 e. The van der Waals surface area contributed by atoms with Crippen LogP contribution in [0.15, 0.2) is 58.3 Å². The van der Waals surface area contributed by atoms with E-state index in [1.165, 1.54) is 0 Å². The molecule has 0 spiro atoms. The SMILES string of the molecule is O=S(=O)(Nc1ccc(NS(=O)(=O)c2cc(F)c(F)c(F)c2)cc1)c1cc(F)c(F)c(F)c1. The summed E-state index contributed by atoms with van der Waals surface area (Å²) in [7, 11) is -9.07. The summed E-state index contributed by atoms with van der Waals surface area (Å²) in [6, 6.07) is 5.28. The maximum absolute atomic E-state index is 13.3. The zero-order valence-corrected chi connectivity index (χ0v) is 17.0. The molecule has 0 unspecified atom stereocenters. The summed E-state index contributed by atoms with van der Waals surface area (Å²) >= 11 is 0. The fourth-order valence-corrected chi connectivity index (χ4v) is 4.57. The van der Waals surface area contributed by atoms with Gasteiger partial charge < -0.3 is 0 Å². The molecule has 170 valence electrons. The van der Waals surface area contributed by atoms with E-state index in [9.17, 15) is 43.2 Å². The lowest BCUT2D eigenvalue weighted by molar-refractivity contribution is 0.442. The first-order valence-electron chi connectivity index (χ1n) is 8.25. The molecule has 0 saturated carbocycles. The summed E-state index contributed by atoms with van der Waals surface area (Å²) in [5.41, 5.74) is -0.339. The number of hydrogen-bond donors (Lipinski definition) is 2. The standard InChI is InChI=1S/C18H10F6N2O4S2/c19-13-5-11(6-14(20)17(13)23)31(27,28)25-9-1-2-10(4-3-9)26-32(29,30)12-7-15(21)18(24)16(22)8-12/h1-8,25-26H. The maximum atomic E-state index is 13.3. The Labute approximate surface area is 177 Å². The van der Waals surface area contributed by atoms with Crippen molar-refractivity contribution in [2.24, 2.45) is 0 Å². The average molecular weight is 496 g/mol. The summed E-state index contributed by atoms with van der Waals surface area (Å²) in [4.78, 5) is -1.81. The van der Waals surface area contributed by atoms with Gasteiger partial charge in [-0.15, -0.1) is 0 Å². The third-order valence-electron chi connectivity index (χ3n) is 3.92. The van der Waals surface area contributed by atoms with Crippen molar-refractivity contribution in [1.82, 2.24) is 0 Å². The van der Waals surface area contributed by atoms with Crippen molar-refractivity contribution in [3.8, 4) is 0 Å². The third-order valence-corrected chi connectivity index (χ3v) is 6.65. The second kappa shape index (κ2) is 8.35. The third kappa shape index (κ3) is 4.80. The Balaban J connectivity index is 1.81. The summed E-state index contributed by atoms with van der Waals surface area (Å²) < 4.78 is 132. The Hall–Kier alpha value is -3.26. The van der Waals surface area contributed by atoms with Crippen molar-refractivity contribution in [2.45, 2.75) is 9.79 Å². The Morgan fingerprint density at radius 2 is 0.750 bits per heavy atom. The molecule has 0 saturated heterocycles. The minimum absolute atomic E-state index is 0.169. The molecule has 14 heteroatoms. The van der Waals surface area contributed by atoms with E-state index in [2.05, 4.69) is 0 Å². The van der Waals surface area contributed by atoms with E-state index in [0.29, 0.717) is 0 Å². The van der Waals surface area contributed by atoms with Gasteiger partial charge in [0.05, 0.1) is 9.79 Å². The predicted octanol–water partition coefficient (Wildman–Crippen LogP) is 4.12. The van der Waals surface area contributed by atoms with Crippen molar-refractivity contribution in [3.63, 3.8) is 0 Å². The molecule has 0 aliphatic carbocycles. The number of nitrogens with one attached hydrogen (secondary N) is 2. The molecule has 6 nitrogen and oxygen atoms in total. The molecule has 2 N–H and O–H groups in total. The molecule has 0 fully saturated rings. The second-order valence-corrected chi connectivity index (χ2v) is 9.55. The number of hydrogen-bond acceptors (Lipinski definition) is 4. The van der Waals surface area contributed by atoms with Gasteiger partial charge in [0.2, 0.25) is 0 Å². The van der Waals surface area contributed by atoms with Gasteiger partial charge in [0, 0.05) is 11.4 Å².